The van der Waals surface area contributed by atoms with Crippen LogP contribution >= 0.6 is 11.6 Å². The van der Waals surface area contributed by atoms with Crippen molar-refractivity contribution in [3.05, 3.63) is 53.9 Å². The van der Waals surface area contributed by atoms with Crippen LogP contribution in [0.4, 0.5) is 0 Å². The highest BCUT2D eigenvalue weighted by atomic mass is 35.5. The van der Waals surface area contributed by atoms with E-state index in [4.69, 9.17) is 11.6 Å². The zero-order valence-corrected chi connectivity index (χ0v) is 9.39. The van der Waals surface area contributed by atoms with Crippen molar-refractivity contribution in [3.63, 3.8) is 0 Å². The molecule has 4 heteroatoms. The fourth-order valence-electron chi connectivity index (χ4n) is 1.56. The molecule has 2 rings (SSSR count). The molecule has 3 nitrogen and oxygen atoms in total. The van der Waals surface area contributed by atoms with E-state index < -0.39 is 5.24 Å². The Morgan fingerprint density at radius 2 is 2.00 bits per heavy atom. The van der Waals surface area contributed by atoms with Crippen LogP contribution in [0, 0.1) is 0 Å². The van der Waals surface area contributed by atoms with Gasteiger partial charge < -0.3 is 0 Å². The summed E-state index contributed by atoms with van der Waals surface area (Å²) in [6.45, 7) is 0.658. The number of nitrogens with zero attached hydrogens (tertiary/aromatic N) is 2. The summed E-state index contributed by atoms with van der Waals surface area (Å²) in [6, 6.07) is 11.7. The molecule has 0 aliphatic rings. The summed E-state index contributed by atoms with van der Waals surface area (Å²) in [5.41, 5.74) is 1.66. The van der Waals surface area contributed by atoms with E-state index in [9.17, 15) is 4.79 Å². The molecule has 0 unspecified atom stereocenters. The molecule has 82 valence electrons. The smallest absolute Gasteiger partial charge is 0.270 e. The van der Waals surface area contributed by atoms with Gasteiger partial charge >= 0.3 is 0 Å². The largest absolute Gasteiger partial charge is 0.274 e. The maximum atomic E-state index is 11.0. The first-order valence-electron chi connectivity index (χ1n) is 5.03. The van der Waals surface area contributed by atoms with Crippen LogP contribution < -0.4 is 0 Å². The lowest BCUT2D eigenvalue weighted by molar-refractivity contribution is 0.107. The normalized spacial score (nSPS) is 10.3. The van der Waals surface area contributed by atoms with Crippen LogP contribution in [0.2, 0.25) is 0 Å². The van der Waals surface area contributed by atoms with Crippen LogP contribution in [0.1, 0.15) is 16.1 Å². The second kappa shape index (κ2) is 4.94. The highest BCUT2D eigenvalue weighted by Gasteiger charge is 2.08. The van der Waals surface area contributed by atoms with Gasteiger partial charge in [-0.15, -0.1) is 0 Å². The van der Waals surface area contributed by atoms with Crippen molar-refractivity contribution in [3.8, 4) is 0 Å². The summed E-state index contributed by atoms with van der Waals surface area (Å²) in [7, 11) is 0. The predicted molar refractivity (Wildman–Crippen MR) is 62.6 cm³/mol. The molecular weight excluding hydrogens is 224 g/mol. The number of aromatic nitrogens is 2. The molecule has 0 radical (unpaired) electrons. The zero-order valence-electron chi connectivity index (χ0n) is 8.64. The van der Waals surface area contributed by atoms with Gasteiger partial charge in [-0.25, -0.2) is 0 Å². The summed E-state index contributed by atoms with van der Waals surface area (Å²) in [6.07, 6.45) is 2.42. The van der Waals surface area contributed by atoms with Crippen molar-refractivity contribution in [2.24, 2.45) is 0 Å². The van der Waals surface area contributed by atoms with E-state index in [1.807, 2.05) is 30.3 Å². The standard InChI is InChI=1S/C12H11ClN2O/c13-12(16)11-6-8-14-15(11)9-7-10-4-2-1-3-5-10/h1-6,8H,7,9H2. The van der Waals surface area contributed by atoms with Crippen molar-refractivity contribution in [2.45, 2.75) is 13.0 Å². The molecule has 0 aliphatic carbocycles. The topological polar surface area (TPSA) is 34.9 Å². The molecule has 1 aromatic carbocycles. The molecule has 16 heavy (non-hydrogen) atoms. The summed E-state index contributed by atoms with van der Waals surface area (Å²) >= 11 is 5.43. The number of hydrogen-bond donors (Lipinski definition) is 0. The molecule has 0 amide bonds. The van der Waals surface area contributed by atoms with Gasteiger partial charge in [0.25, 0.3) is 5.24 Å². The number of hydrogen-bond acceptors (Lipinski definition) is 2. The summed E-state index contributed by atoms with van der Waals surface area (Å²) in [5, 5.41) is 3.60. The van der Waals surface area contributed by atoms with Crippen LogP contribution in [0.3, 0.4) is 0 Å². The Morgan fingerprint density at radius 1 is 1.25 bits per heavy atom. The van der Waals surface area contributed by atoms with Gasteiger partial charge in [0, 0.05) is 12.7 Å². The molecule has 0 saturated heterocycles. The summed E-state index contributed by atoms with van der Waals surface area (Å²) in [5.74, 6) is 0. The van der Waals surface area contributed by atoms with Crippen LogP contribution in [0.5, 0.6) is 0 Å². The Balaban J connectivity index is 2.05. The minimum atomic E-state index is -0.467. The molecule has 0 atom stereocenters. The van der Waals surface area contributed by atoms with E-state index in [2.05, 4.69) is 5.10 Å². The minimum Gasteiger partial charge on any atom is -0.274 e. The quantitative estimate of drug-likeness (QED) is 0.762. The lowest BCUT2D eigenvalue weighted by atomic mass is 10.1. The Bertz CT molecular complexity index is 479. The summed E-state index contributed by atoms with van der Waals surface area (Å²) < 4.78 is 1.63. The van der Waals surface area contributed by atoms with E-state index in [1.165, 1.54) is 5.56 Å². The predicted octanol–water partition coefficient (Wildman–Crippen LogP) is 2.50. The molecule has 0 aliphatic heterocycles. The monoisotopic (exact) mass is 234 g/mol. The third kappa shape index (κ3) is 2.49. The maximum absolute atomic E-state index is 11.0. The highest BCUT2D eigenvalue weighted by Crippen LogP contribution is 2.06. The average Bonchev–Trinajstić information content (AvgIpc) is 2.76. The van der Waals surface area contributed by atoms with Crippen molar-refractivity contribution < 1.29 is 4.79 Å². The van der Waals surface area contributed by atoms with Gasteiger partial charge in [-0.1, -0.05) is 30.3 Å². The van der Waals surface area contributed by atoms with Crippen LogP contribution in [0.25, 0.3) is 0 Å². The first-order valence-corrected chi connectivity index (χ1v) is 5.41. The molecule has 0 N–H and O–H groups in total. The van der Waals surface area contributed by atoms with E-state index in [0.29, 0.717) is 12.2 Å². The fourth-order valence-corrected chi connectivity index (χ4v) is 1.72. The van der Waals surface area contributed by atoms with Gasteiger partial charge in [0.2, 0.25) is 0 Å². The molecular formula is C12H11ClN2O. The highest BCUT2D eigenvalue weighted by molar-refractivity contribution is 6.67. The SMILES string of the molecule is O=C(Cl)c1ccnn1CCc1ccccc1. The van der Waals surface area contributed by atoms with Crippen LogP contribution in [-0.4, -0.2) is 15.0 Å². The lowest BCUT2D eigenvalue weighted by Crippen LogP contribution is -2.09. The van der Waals surface area contributed by atoms with E-state index in [0.717, 1.165) is 6.42 Å². The van der Waals surface area contributed by atoms with Gasteiger partial charge in [0.1, 0.15) is 5.69 Å². The Kier molecular flexibility index (Phi) is 3.37. The van der Waals surface area contributed by atoms with E-state index in [1.54, 1.807) is 16.9 Å². The first kappa shape index (κ1) is 10.9. The molecule has 0 bridgehead atoms. The van der Waals surface area contributed by atoms with Crippen LogP contribution in [-0.2, 0) is 13.0 Å². The molecule has 1 heterocycles. The van der Waals surface area contributed by atoms with Crippen molar-refractivity contribution >= 4 is 16.8 Å². The Labute approximate surface area is 98.7 Å². The van der Waals surface area contributed by atoms with Gasteiger partial charge in [-0.05, 0) is 29.7 Å². The average molecular weight is 235 g/mol. The second-order valence-electron chi connectivity index (χ2n) is 3.45. The third-order valence-electron chi connectivity index (χ3n) is 2.37. The van der Waals surface area contributed by atoms with Crippen LogP contribution in [0.15, 0.2) is 42.6 Å². The molecule has 0 spiro atoms. The second-order valence-corrected chi connectivity index (χ2v) is 3.79. The number of aryl methyl sites for hydroxylation is 2. The number of carbonyl (C=O) groups excluding carboxylic acids is 1. The molecule has 0 saturated carbocycles. The van der Waals surface area contributed by atoms with Gasteiger partial charge in [-0.2, -0.15) is 5.10 Å². The zero-order chi connectivity index (χ0) is 11.4. The van der Waals surface area contributed by atoms with Crippen molar-refractivity contribution in [1.29, 1.82) is 0 Å². The maximum Gasteiger partial charge on any atom is 0.270 e. The number of carbonyl (C=O) groups is 1. The Hall–Kier alpha value is -1.61. The molecule has 1 aromatic heterocycles. The number of halogens is 1. The first-order chi connectivity index (χ1) is 7.77. The van der Waals surface area contributed by atoms with Crippen molar-refractivity contribution in [1.82, 2.24) is 9.78 Å². The molecule has 0 fully saturated rings. The van der Waals surface area contributed by atoms with E-state index >= 15 is 0 Å². The fraction of sp³-hybridized carbons (Fsp3) is 0.167. The van der Waals surface area contributed by atoms with Gasteiger partial charge in [-0.3, -0.25) is 9.48 Å². The minimum absolute atomic E-state index is 0.442. The molecule has 2 aromatic rings. The van der Waals surface area contributed by atoms with Gasteiger partial charge in [0.05, 0.1) is 0 Å². The van der Waals surface area contributed by atoms with Crippen molar-refractivity contribution in [2.75, 3.05) is 0 Å². The summed E-state index contributed by atoms with van der Waals surface area (Å²) in [4.78, 5) is 11.0. The lowest BCUT2D eigenvalue weighted by Gasteiger charge is -2.04. The van der Waals surface area contributed by atoms with E-state index in [-0.39, 0.29) is 0 Å². The van der Waals surface area contributed by atoms with Gasteiger partial charge in [0.15, 0.2) is 0 Å². The Morgan fingerprint density at radius 3 is 2.69 bits per heavy atom. The third-order valence-corrected chi connectivity index (χ3v) is 2.57. The number of rotatable bonds is 4. The number of benzene rings is 1.